The van der Waals surface area contributed by atoms with Gasteiger partial charge < -0.3 is 25.0 Å². The third kappa shape index (κ3) is 5.05. The number of phenols is 1. The molecule has 0 aliphatic rings. The first-order chi connectivity index (χ1) is 12.4. The third-order valence-corrected chi connectivity index (χ3v) is 4.38. The minimum absolute atomic E-state index is 0.0666. The third-order valence-electron chi connectivity index (χ3n) is 4.38. The van der Waals surface area contributed by atoms with Crippen molar-refractivity contribution in [3.63, 3.8) is 0 Å². The van der Waals surface area contributed by atoms with Crippen LogP contribution in [0.25, 0.3) is 0 Å². The number of phenolic OH excluding ortho intramolecular Hbond substituents is 1. The van der Waals surface area contributed by atoms with E-state index >= 15 is 0 Å². The molecule has 0 fully saturated rings. The van der Waals surface area contributed by atoms with Crippen LogP contribution in [0.4, 0.5) is 10.5 Å². The number of para-hydroxylation sites is 1. The lowest BCUT2D eigenvalue weighted by atomic mass is 10.2. The molecule has 0 saturated carbocycles. The molecule has 0 spiro atoms. The number of hydrogen-bond donors (Lipinski definition) is 2. The van der Waals surface area contributed by atoms with Crippen molar-refractivity contribution in [2.45, 2.75) is 19.5 Å². The van der Waals surface area contributed by atoms with Crippen molar-refractivity contribution in [3.8, 4) is 11.5 Å². The number of benzene rings is 2. The molecule has 0 saturated heterocycles. The van der Waals surface area contributed by atoms with Crippen molar-refractivity contribution in [1.29, 1.82) is 0 Å². The zero-order valence-corrected chi connectivity index (χ0v) is 15.8. The van der Waals surface area contributed by atoms with Crippen molar-refractivity contribution in [3.05, 3.63) is 54.1 Å². The Balaban J connectivity index is 1.86. The summed E-state index contributed by atoms with van der Waals surface area (Å²) in [7, 11) is 5.24. The van der Waals surface area contributed by atoms with E-state index in [9.17, 15) is 9.90 Å². The highest BCUT2D eigenvalue weighted by Crippen LogP contribution is 2.26. The molecule has 2 aromatic carbocycles. The summed E-state index contributed by atoms with van der Waals surface area (Å²) in [5.74, 6) is 0.482. The van der Waals surface area contributed by atoms with Crippen LogP contribution in [-0.2, 0) is 6.54 Å². The van der Waals surface area contributed by atoms with Crippen molar-refractivity contribution in [2.75, 3.05) is 32.6 Å². The van der Waals surface area contributed by atoms with Crippen LogP contribution in [0.15, 0.2) is 48.5 Å². The summed E-state index contributed by atoms with van der Waals surface area (Å²) in [5, 5.41) is 12.8. The van der Waals surface area contributed by atoms with E-state index in [0.717, 1.165) is 11.3 Å². The number of ether oxygens (including phenoxy) is 1. The molecule has 0 aliphatic carbocycles. The number of hydrogen-bond acceptors (Lipinski definition) is 4. The first-order valence-corrected chi connectivity index (χ1v) is 8.55. The lowest BCUT2D eigenvalue weighted by Gasteiger charge is -2.28. The average molecular weight is 357 g/mol. The Kier molecular flexibility index (Phi) is 6.72. The number of nitrogens with zero attached hydrogens (tertiary/aromatic N) is 2. The SMILES string of the molecule is COc1ccc(CN(C)C(=O)NCC(C)N(C)c2ccccc2)cc1O. The Morgan fingerprint density at radius 1 is 1.19 bits per heavy atom. The maximum absolute atomic E-state index is 12.3. The maximum Gasteiger partial charge on any atom is 0.317 e. The summed E-state index contributed by atoms with van der Waals surface area (Å²) in [4.78, 5) is 16.0. The molecule has 0 aromatic heterocycles. The Hall–Kier alpha value is -2.89. The van der Waals surface area contributed by atoms with Crippen molar-refractivity contribution in [1.82, 2.24) is 10.2 Å². The van der Waals surface area contributed by atoms with Gasteiger partial charge in [0.05, 0.1) is 7.11 Å². The number of anilines is 1. The van der Waals surface area contributed by atoms with Gasteiger partial charge in [0.1, 0.15) is 0 Å². The number of carbonyl (C=O) groups is 1. The van der Waals surface area contributed by atoms with Crippen LogP contribution in [0, 0.1) is 0 Å². The van der Waals surface area contributed by atoms with Gasteiger partial charge in [0.25, 0.3) is 0 Å². The fourth-order valence-electron chi connectivity index (χ4n) is 2.60. The zero-order valence-electron chi connectivity index (χ0n) is 15.8. The maximum atomic E-state index is 12.3. The van der Waals surface area contributed by atoms with Gasteiger partial charge in [0.2, 0.25) is 0 Å². The molecule has 0 bridgehead atoms. The lowest BCUT2D eigenvalue weighted by molar-refractivity contribution is 0.206. The van der Waals surface area contributed by atoms with Crippen LogP contribution < -0.4 is 15.0 Å². The number of nitrogens with one attached hydrogen (secondary N) is 1. The second kappa shape index (κ2) is 8.99. The van der Waals surface area contributed by atoms with Crippen molar-refractivity contribution >= 4 is 11.7 Å². The molecule has 26 heavy (non-hydrogen) atoms. The van der Waals surface area contributed by atoms with Gasteiger partial charge in [-0.25, -0.2) is 4.79 Å². The minimum Gasteiger partial charge on any atom is -0.504 e. The Labute approximate surface area is 155 Å². The second-order valence-corrected chi connectivity index (χ2v) is 6.34. The molecular weight excluding hydrogens is 330 g/mol. The van der Waals surface area contributed by atoms with E-state index in [1.807, 2.05) is 43.4 Å². The second-order valence-electron chi connectivity index (χ2n) is 6.34. The van der Waals surface area contributed by atoms with Gasteiger partial charge in [-0.1, -0.05) is 24.3 Å². The zero-order chi connectivity index (χ0) is 19.1. The Morgan fingerprint density at radius 2 is 1.88 bits per heavy atom. The van der Waals surface area contributed by atoms with Gasteiger partial charge in [-0.15, -0.1) is 0 Å². The van der Waals surface area contributed by atoms with Crippen molar-refractivity contribution in [2.24, 2.45) is 0 Å². The molecule has 0 radical (unpaired) electrons. The largest absolute Gasteiger partial charge is 0.504 e. The lowest BCUT2D eigenvalue weighted by Crippen LogP contribution is -2.44. The van der Waals surface area contributed by atoms with Crippen LogP contribution in [0.3, 0.4) is 0 Å². The molecular formula is C20H27N3O3. The quantitative estimate of drug-likeness (QED) is 0.799. The van der Waals surface area contributed by atoms with Gasteiger partial charge in [-0.05, 0) is 36.8 Å². The molecule has 1 atom stereocenters. The van der Waals surface area contributed by atoms with Crippen LogP contribution in [0.2, 0.25) is 0 Å². The topological polar surface area (TPSA) is 65.0 Å². The van der Waals surface area contributed by atoms with E-state index in [1.54, 1.807) is 24.1 Å². The number of methoxy groups -OCH3 is 1. The van der Waals surface area contributed by atoms with Gasteiger partial charge in [0, 0.05) is 38.9 Å². The first-order valence-electron chi connectivity index (χ1n) is 8.55. The summed E-state index contributed by atoms with van der Waals surface area (Å²) in [6, 6.07) is 15.2. The number of aromatic hydroxyl groups is 1. The highest BCUT2D eigenvalue weighted by molar-refractivity contribution is 5.74. The monoisotopic (exact) mass is 357 g/mol. The van der Waals surface area contributed by atoms with Gasteiger partial charge in [-0.2, -0.15) is 0 Å². The normalized spacial score (nSPS) is 11.5. The molecule has 2 N–H and O–H groups in total. The van der Waals surface area contributed by atoms with E-state index in [4.69, 9.17) is 4.74 Å². The van der Waals surface area contributed by atoms with Crippen LogP contribution >= 0.6 is 0 Å². The molecule has 6 heteroatoms. The summed E-state index contributed by atoms with van der Waals surface area (Å²) in [6.45, 7) is 2.99. The van der Waals surface area contributed by atoms with Gasteiger partial charge in [-0.3, -0.25) is 0 Å². The standard InChI is InChI=1S/C20H27N3O3/c1-15(23(3)17-8-6-5-7-9-17)13-21-20(25)22(2)14-16-10-11-19(26-4)18(24)12-16/h5-12,15,24H,13-14H2,1-4H3,(H,21,25). The summed E-state index contributed by atoms with van der Waals surface area (Å²) in [5.41, 5.74) is 1.94. The van der Waals surface area contributed by atoms with Gasteiger partial charge in [0.15, 0.2) is 11.5 Å². The predicted octanol–water partition coefficient (Wildman–Crippen LogP) is 3.07. The fourth-order valence-corrected chi connectivity index (χ4v) is 2.60. The fraction of sp³-hybridized carbons (Fsp3) is 0.350. The van der Waals surface area contributed by atoms with E-state index < -0.39 is 0 Å². The molecule has 2 aromatic rings. The predicted molar refractivity (Wildman–Crippen MR) is 104 cm³/mol. The molecule has 0 aliphatic heterocycles. The summed E-state index contributed by atoms with van der Waals surface area (Å²) in [6.07, 6.45) is 0. The molecule has 0 heterocycles. The molecule has 1 unspecified atom stereocenters. The summed E-state index contributed by atoms with van der Waals surface area (Å²) >= 11 is 0. The van der Waals surface area contributed by atoms with Crippen LogP contribution in [0.5, 0.6) is 11.5 Å². The van der Waals surface area contributed by atoms with Crippen LogP contribution in [0.1, 0.15) is 12.5 Å². The number of likely N-dealkylation sites (N-methyl/N-ethyl adjacent to an activating group) is 1. The molecule has 2 rings (SSSR count). The Bertz CT molecular complexity index is 721. The number of rotatable bonds is 7. The highest BCUT2D eigenvalue weighted by Gasteiger charge is 2.14. The van der Waals surface area contributed by atoms with E-state index in [0.29, 0.717) is 18.8 Å². The van der Waals surface area contributed by atoms with Gasteiger partial charge >= 0.3 is 6.03 Å². The minimum atomic E-state index is -0.159. The smallest absolute Gasteiger partial charge is 0.317 e. The van der Waals surface area contributed by atoms with E-state index in [2.05, 4.69) is 17.1 Å². The molecule has 140 valence electrons. The average Bonchev–Trinajstić information content (AvgIpc) is 2.66. The number of amides is 2. The van der Waals surface area contributed by atoms with E-state index in [-0.39, 0.29) is 17.8 Å². The number of urea groups is 1. The number of carbonyl (C=O) groups excluding carboxylic acids is 1. The highest BCUT2D eigenvalue weighted by atomic mass is 16.5. The van der Waals surface area contributed by atoms with E-state index in [1.165, 1.54) is 7.11 Å². The molecule has 6 nitrogen and oxygen atoms in total. The van der Waals surface area contributed by atoms with Crippen molar-refractivity contribution < 1.29 is 14.6 Å². The Morgan fingerprint density at radius 3 is 2.50 bits per heavy atom. The summed E-state index contributed by atoms with van der Waals surface area (Å²) < 4.78 is 5.03. The molecule has 2 amide bonds. The first kappa shape index (κ1) is 19.4. The van der Waals surface area contributed by atoms with Crippen LogP contribution in [-0.4, -0.2) is 49.8 Å².